The van der Waals surface area contributed by atoms with Crippen molar-refractivity contribution < 1.29 is 9.47 Å². The highest BCUT2D eigenvalue weighted by molar-refractivity contribution is 7.09. The second-order valence-corrected chi connectivity index (χ2v) is 5.14. The topological polar surface area (TPSA) is 57.4 Å². The van der Waals surface area contributed by atoms with Crippen molar-refractivity contribution in [3.05, 3.63) is 39.8 Å². The standard InChI is InChI=1S/C14H18N2O2S/c1-10-9-19-14(16-10)8-18-12-4-3-11(5-6-15)7-13(12)17-2/h3-4,7,9H,5-6,8,15H2,1-2H3. The van der Waals surface area contributed by atoms with E-state index in [-0.39, 0.29) is 0 Å². The van der Waals surface area contributed by atoms with E-state index < -0.39 is 0 Å². The Bertz CT molecular complexity index is 540. The Morgan fingerprint density at radius 2 is 2.16 bits per heavy atom. The lowest BCUT2D eigenvalue weighted by molar-refractivity contribution is 0.283. The van der Waals surface area contributed by atoms with Crippen LogP contribution in [0.4, 0.5) is 0 Å². The second kappa shape index (κ2) is 6.54. The van der Waals surface area contributed by atoms with E-state index in [1.165, 1.54) is 0 Å². The maximum Gasteiger partial charge on any atom is 0.161 e. The lowest BCUT2D eigenvalue weighted by Crippen LogP contribution is -2.03. The normalized spacial score (nSPS) is 10.5. The number of ether oxygens (including phenoxy) is 2. The molecule has 0 unspecified atom stereocenters. The third-order valence-corrected chi connectivity index (χ3v) is 3.62. The number of nitrogens with zero attached hydrogens (tertiary/aromatic N) is 1. The largest absolute Gasteiger partial charge is 0.493 e. The monoisotopic (exact) mass is 278 g/mol. The summed E-state index contributed by atoms with van der Waals surface area (Å²) in [5.41, 5.74) is 7.72. The molecule has 0 aliphatic heterocycles. The van der Waals surface area contributed by atoms with Crippen LogP contribution < -0.4 is 15.2 Å². The fraction of sp³-hybridized carbons (Fsp3) is 0.357. The molecule has 0 saturated carbocycles. The molecule has 2 aromatic rings. The van der Waals surface area contributed by atoms with E-state index in [0.29, 0.717) is 13.2 Å². The first-order valence-electron chi connectivity index (χ1n) is 6.13. The number of rotatable bonds is 6. The van der Waals surface area contributed by atoms with Crippen LogP contribution in [0.2, 0.25) is 0 Å². The zero-order valence-corrected chi connectivity index (χ0v) is 12.0. The lowest BCUT2D eigenvalue weighted by Gasteiger charge is -2.11. The molecule has 0 aliphatic carbocycles. The molecule has 0 spiro atoms. The van der Waals surface area contributed by atoms with Crippen molar-refractivity contribution in [2.24, 2.45) is 5.73 Å². The first-order chi connectivity index (χ1) is 9.22. The summed E-state index contributed by atoms with van der Waals surface area (Å²) in [7, 11) is 1.64. The molecule has 0 atom stereocenters. The third kappa shape index (κ3) is 3.68. The molecule has 1 aromatic heterocycles. The van der Waals surface area contributed by atoms with Crippen LogP contribution >= 0.6 is 11.3 Å². The number of thiazole rings is 1. The molecule has 0 amide bonds. The van der Waals surface area contributed by atoms with Gasteiger partial charge in [0.25, 0.3) is 0 Å². The molecule has 0 bridgehead atoms. The van der Waals surface area contributed by atoms with Gasteiger partial charge >= 0.3 is 0 Å². The fourth-order valence-electron chi connectivity index (χ4n) is 1.76. The molecule has 102 valence electrons. The maximum absolute atomic E-state index is 5.75. The molecule has 0 radical (unpaired) electrons. The number of hydrogen-bond acceptors (Lipinski definition) is 5. The summed E-state index contributed by atoms with van der Waals surface area (Å²) in [5, 5.41) is 2.98. The Morgan fingerprint density at radius 1 is 1.32 bits per heavy atom. The molecule has 0 fully saturated rings. The van der Waals surface area contributed by atoms with Crippen LogP contribution in [0.1, 0.15) is 16.3 Å². The van der Waals surface area contributed by atoms with Crippen molar-refractivity contribution in [3.8, 4) is 11.5 Å². The summed E-state index contributed by atoms with van der Waals surface area (Å²) in [5.74, 6) is 1.47. The van der Waals surface area contributed by atoms with Crippen molar-refractivity contribution in [2.45, 2.75) is 20.0 Å². The summed E-state index contributed by atoms with van der Waals surface area (Å²) >= 11 is 1.60. The van der Waals surface area contributed by atoms with E-state index in [1.54, 1.807) is 18.4 Å². The van der Waals surface area contributed by atoms with Gasteiger partial charge in [-0.2, -0.15) is 0 Å². The summed E-state index contributed by atoms with van der Waals surface area (Å²) in [6, 6.07) is 5.90. The highest BCUT2D eigenvalue weighted by Gasteiger charge is 2.07. The number of benzene rings is 1. The molecular weight excluding hydrogens is 260 g/mol. The van der Waals surface area contributed by atoms with Crippen molar-refractivity contribution >= 4 is 11.3 Å². The minimum absolute atomic E-state index is 0.463. The number of hydrogen-bond donors (Lipinski definition) is 1. The summed E-state index contributed by atoms with van der Waals surface area (Å²) in [6.45, 7) is 3.06. The van der Waals surface area contributed by atoms with E-state index in [0.717, 1.165) is 34.2 Å². The molecule has 1 aromatic carbocycles. The molecule has 4 nitrogen and oxygen atoms in total. The lowest BCUT2D eigenvalue weighted by atomic mass is 10.1. The zero-order chi connectivity index (χ0) is 13.7. The first kappa shape index (κ1) is 13.8. The number of aryl methyl sites for hydroxylation is 1. The van der Waals surface area contributed by atoms with Crippen LogP contribution in [0.5, 0.6) is 11.5 Å². The summed E-state index contributed by atoms with van der Waals surface area (Å²) in [6.07, 6.45) is 0.836. The van der Waals surface area contributed by atoms with Gasteiger partial charge in [-0.3, -0.25) is 0 Å². The Balaban J connectivity index is 2.06. The number of nitrogens with two attached hydrogens (primary N) is 1. The van der Waals surface area contributed by atoms with Crippen LogP contribution in [0.15, 0.2) is 23.6 Å². The maximum atomic E-state index is 5.75. The summed E-state index contributed by atoms with van der Waals surface area (Å²) in [4.78, 5) is 4.36. The Kier molecular flexibility index (Phi) is 4.76. The molecule has 5 heteroatoms. The highest BCUT2D eigenvalue weighted by Crippen LogP contribution is 2.29. The minimum Gasteiger partial charge on any atom is -0.493 e. The zero-order valence-electron chi connectivity index (χ0n) is 11.2. The van der Waals surface area contributed by atoms with Gasteiger partial charge in [0.1, 0.15) is 11.6 Å². The molecule has 2 rings (SSSR count). The molecule has 0 saturated heterocycles. The van der Waals surface area contributed by atoms with Crippen LogP contribution in [0.25, 0.3) is 0 Å². The van der Waals surface area contributed by atoms with Gasteiger partial charge < -0.3 is 15.2 Å². The highest BCUT2D eigenvalue weighted by atomic mass is 32.1. The van der Waals surface area contributed by atoms with Crippen LogP contribution in [-0.2, 0) is 13.0 Å². The van der Waals surface area contributed by atoms with Crippen LogP contribution in [0, 0.1) is 6.92 Å². The average Bonchev–Trinajstić information content (AvgIpc) is 2.83. The van der Waals surface area contributed by atoms with Gasteiger partial charge in [0.15, 0.2) is 11.5 Å². The molecule has 1 heterocycles. The molecule has 19 heavy (non-hydrogen) atoms. The van der Waals surface area contributed by atoms with E-state index in [9.17, 15) is 0 Å². The van der Waals surface area contributed by atoms with Crippen LogP contribution in [-0.4, -0.2) is 18.6 Å². The summed E-state index contributed by atoms with van der Waals surface area (Å²) < 4.78 is 11.1. The quantitative estimate of drug-likeness (QED) is 0.882. The van der Waals surface area contributed by atoms with Gasteiger partial charge in [0, 0.05) is 11.1 Å². The van der Waals surface area contributed by atoms with E-state index in [4.69, 9.17) is 15.2 Å². The van der Waals surface area contributed by atoms with E-state index >= 15 is 0 Å². The van der Waals surface area contributed by atoms with E-state index in [1.807, 2.05) is 30.5 Å². The van der Waals surface area contributed by atoms with Crippen LogP contribution in [0.3, 0.4) is 0 Å². The van der Waals surface area contributed by atoms with Crippen molar-refractivity contribution in [3.63, 3.8) is 0 Å². The van der Waals surface area contributed by atoms with Gasteiger partial charge in [-0.05, 0) is 37.6 Å². The SMILES string of the molecule is COc1cc(CCN)ccc1OCc1nc(C)cs1. The smallest absolute Gasteiger partial charge is 0.161 e. The Hall–Kier alpha value is -1.59. The Morgan fingerprint density at radius 3 is 2.79 bits per heavy atom. The van der Waals surface area contributed by atoms with Gasteiger partial charge in [0.2, 0.25) is 0 Å². The van der Waals surface area contributed by atoms with E-state index in [2.05, 4.69) is 4.98 Å². The van der Waals surface area contributed by atoms with Gasteiger partial charge in [-0.15, -0.1) is 11.3 Å². The average molecular weight is 278 g/mol. The van der Waals surface area contributed by atoms with Crippen molar-refractivity contribution in [1.82, 2.24) is 4.98 Å². The molecular formula is C14H18N2O2S. The predicted octanol–water partition coefficient (Wildman–Crippen LogP) is 2.54. The molecule has 2 N–H and O–H groups in total. The fourth-order valence-corrected chi connectivity index (χ4v) is 2.44. The van der Waals surface area contributed by atoms with Gasteiger partial charge in [-0.25, -0.2) is 4.98 Å². The van der Waals surface area contributed by atoms with Crippen molar-refractivity contribution in [2.75, 3.05) is 13.7 Å². The number of aromatic nitrogens is 1. The third-order valence-electron chi connectivity index (χ3n) is 2.68. The van der Waals surface area contributed by atoms with Crippen molar-refractivity contribution in [1.29, 1.82) is 0 Å². The molecule has 0 aliphatic rings. The second-order valence-electron chi connectivity index (χ2n) is 4.20. The van der Waals surface area contributed by atoms with Gasteiger partial charge in [-0.1, -0.05) is 6.07 Å². The number of methoxy groups -OCH3 is 1. The predicted molar refractivity (Wildman–Crippen MR) is 76.9 cm³/mol. The first-order valence-corrected chi connectivity index (χ1v) is 7.01. The Labute approximate surface area is 117 Å². The minimum atomic E-state index is 0.463. The van der Waals surface area contributed by atoms with Gasteiger partial charge in [0.05, 0.1) is 7.11 Å².